The van der Waals surface area contributed by atoms with Gasteiger partial charge in [0.15, 0.2) is 0 Å². The molecule has 0 aliphatic heterocycles. The van der Waals surface area contributed by atoms with Crippen LogP contribution in [0.2, 0.25) is 0 Å². The van der Waals surface area contributed by atoms with Gasteiger partial charge in [-0.15, -0.1) is 0 Å². The monoisotopic (exact) mass is 320 g/mol. The predicted octanol–water partition coefficient (Wildman–Crippen LogP) is 4.13. The lowest BCUT2D eigenvalue weighted by molar-refractivity contribution is 0.102. The lowest BCUT2D eigenvalue weighted by Crippen LogP contribution is -2.11. The Labute approximate surface area is 139 Å². The maximum atomic E-state index is 12.2. The van der Waals surface area contributed by atoms with Crippen LogP contribution in [0.3, 0.4) is 0 Å². The Hall–Kier alpha value is -3.34. The quantitative estimate of drug-likeness (QED) is 0.767. The number of ether oxygens (including phenoxy) is 2. The normalized spacial score (nSPS) is 10.0. The first-order valence-electron chi connectivity index (χ1n) is 7.39. The third-order valence-corrected chi connectivity index (χ3v) is 3.30. The number of amides is 1. The smallest absolute Gasteiger partial charge is 0.255 e. The summed E-state index contributed by atoms with van der Waals surface area (Å²) in [5.41, 5.74) is 1.14. The molecule has 0 radical (unpaired) electrons. The van der Waals surface area contributed by atoms with E-state index in [1.54, 1.807) is 49.7 Å². The lowest BCUT2D eigenvalue weighted by Gasteiger charge is -2.08. The van der Waals surface area contributed by atoms with Gasteiger partial charge >= 0.3 is 0 Å². The second-order valence-corrected chi connectivity index (χ2v) is 4.98. The van der Waals surface area contributed by atoms with Crippen molar-refractivity contribution < 1.29 is 14.3 Å². The van der Waals surface area contributed by atoms with Crippen LogP contribution in [0.4, 0.5) is 5.69 Å². The highest BCUT2D eigenvalue weighted by molar-refractivity contribution is 6.04. The van der Waals surface area contributed by atoms with Crippen LogP contribution in [-0.4, -0.2) is 18.0 Å². The number of para-hydroxylation sites is 1. The maximum absolute atomic E-state index is 12.2. The molecule has 3 rings (SSSR count). The van der Waals surface area contributed by atoms with Crippen molar-refractivity contribution in [3.63, 3.8) is 0 Å². The molecule has 0 spiro atoms. The number of rotatable bonds is 5. The van der Waals surface area contributed by atoms with E-state index in [1.165, 1.54) is 0 Å². The number of nitrogens with zero attached hydrogens (tertiary/aromatic N) is 1. The number of hydrogen-bond donors (Lipinski definition) is 1. The van der Waals surface area contributed by atoms with Crippen molar-refractivity contribution in [2.24, 2.45) is 0 Å². The molecule has 0 unspecified atom stereocenters. The van der Waals surface area contributed by atoms with E-state index in [-0.39, 0.29) is 5.91 Å². The van der Waals surface area contributed by atoms with Crippen molar-refractivity contribution in [3.05, 3.63) is 78.5 Å². The van der Waals surface area contributed by atoms with Crippen molar-refractivity contribution >= 4 is 11.6 Å². The number of nitrogens with one attached hydrogen (secondary N) is 1. The van der Waals surface area contributed by atoms with Gasteiger partial charge in [0, 0.05) is 11.6 Å². The second-order valence-electron chi connectivity index (χ2n) is 4.98. The zero-order chi connectivity index (χ0) is 16.8. The molecule has 0 saturated heterocycles. The van der Waals surface area contributed by atoms with E-state index >= 15 is 0 Å². The number of carbonyl (C=O) groups excluding carboxylic acids is 1. The average Bonchev–Trinajstić information content (AvgIpc) is 2.64. The zero-order valence-corrected chi connectivity index (χ0v) is 13.1. The van der Waals surface area contributed by atoms with Gasteiger partial charge in [-0.3, -0.25) is 4.79 Å². The van der Waals surface area contributed by atoms with E-state index in [1.807, 2.05) is 30.3 Å². The average molecular weight is 320 g/mol. The van der Waals surface area contributed by atoms with E-state index in [9.17, 15) is 4.79 Å². The van der Waals surface area contributed by atoms with Crippen LogP contribution in [0.5, 0.6) is 17.4 Å². The van der Waals surface area contributed by atoms with Gasteiger partial charge < -0.3 is 14.8 Å². The van der Waals surface area contributed by atoms with E-state index in [2.05, 4.69) is 10.3 Å². The van der Waals surface area contributed by atoms with Gasteiger partial charge in [-0.1, -0.05) is 18.2 Å². The Morgan fingerprint density at radius 1 is 0.917 bits per heavy atom. The molecule has 0 fully saturated rings. The minimum atomic E-state index is -0.215. The molecule has 1 aromatic heterocycles. The molecule has 5 nitrogen and oxygen atoms in total. The topological polar surface area (TPSA) is 60.5 Å². The van der Waals surface area contributed by atoms with Crippen LogP contribution in [0.15, 0.2) is 72.9 Å². The molecule has 1 heterocycles. The van der Waals surface area contributed by atoms with Crippen molar-refractivity contribution in [1.29, 1.82) is 0 Å². The minimum absolute atomic E-state index is 0.215. The summed E-state index contributed by atoms with van der Waals surface area (Å²) >= 11 is 0. The molecule has 0 aliphatic rings. The fourth-order valence-corrected chi connectivity index (χ4v) is 2.08. The first kappa shape index (κ1) is 15.6. The highest BCUT2D eigenvalue weighted by Crippen LogP contribution is 2.21. The van der Waals surface area contributed by atoms with Crippen LogP contribution < -0.4 is 14.8 Å². The Kier molecular flexibility index (Phi) is 4.72. The number of aromatic nitrogens is 1. The largest absolute Gasteiger partial charge is 0.481 e. The summed E-state index contributed by atoms with van der Waals surface area (Å²) in [5, 5.41) is 2.78. The number of anilines is 1. The molecule has 0 aliphatic carbocycles. The molecule has 5 heteroatoms. The standard InChI is InChI=1S/C19H16N2O3/c1-23-18-12-9-15(13-20-18)21-19(22)14-7-10-17(11-8-14)24-16-5-3-2-4-6-16/h2-13H,1H3,(H,21,22). The van der Waals surface area contributed by atoms with E-state index in [0.717, 1.165) is 5.75 Å². The number of hydrogen-bond acceptors (Lipinski definition) is 4. The van der Waals surface area contributed by atoms with Crippen molar-refractivity contribution in [3.8, 4) is 17.4 Å². The number of methoxy groups -OCH3 is 1. The zero-order valence-electron chi connectivity index (χ0n) is 13.1. The van der Waals surface area contributed by atoms with E-state index < -0.39 is 0 Å². The highest BCUT2D eigenvalue weighted by Gasteiger charge is 2.07. The van der Waals surface area contributed by atoms with Gasteiger partial charge in [0.1, 0.15) is 11.5 Å². The van der Waals surface area contributed by atoms with Gasteiger partial charge in [-0.05, 0) is 42.5 Å². The molecule has 2 aromatic carbocycles. The van der Waals surface area contributed by atoms with Crippen molar-refractivity contribution in [2.45, 2.75) is 0 Å². The summed E-state index contributed by atoms with van der Waals surface area (Å²) in [5.74, 6) is 1.70. The molecule has 0 saturated carbocycles. The van der Waals surface area contributed by atoms with Gasteiger partial charge in [0.2, 0.25) is 5.88 Å². The summed E-state index contributed by atoms with van der Waals surface area (Å²) in [6.07, 6.45) is 1.55. The summed E-state index contributed by atoms with van der Waals surface area (Å²) in [6, 6.07) is 19.8. The summed E-state index contributed by atoms with van der Waals surface area (Å²) in [7, 11) is 1.54. The van der Waals surface area contributed by atoms with Gasteiger partial charge in [-0.25, -0.2) is 4.98 Å². The molecule has 1 amide bonds. The molecule has 0 bridgehead atoms. The molecule has 24 heavy (non-hydrogen) atoms. The Bertz CT molecular complexity index is 800. The van der Waals surface area contributed by atoms with Crippen LogP contribution in [0, 0.1) is 0 Å². The number of pyridine rings is 1. The maximum Gasteiger partial charge on any atom is 0.255 e. The predicted molar refractivity (Wildman–Crippen MR) is 91.7 cm³/mol. The number of carbonyl (C=O) groups is 1. The Balaban J connectivity index is 1.64. The first-order chi connectivity index (χ1) is 11.7. The summed E-state index contributed by atoms with van der Waals surface area (Å²) in [4.78, 5) is 16.3. The SMILES string of the molecule is COc1ccc(NC(=O)c2ccc(Oc3ccccc3)cc2)cn1. The first-order valence-corrected chi connectivity index (χ1v) is 7.39. The van der Waals surface area contributed by atoms with Crippen molar-refractivity contribution in [1.82, 2.24) is 4.98 Å². The second kappa shape index (κ2) is 7.28. The fraction of sp³-hybridized carbons (Fsp3) is 0.0526. The summed E-state index contributed by atoms with van der Waals surface area (Å²) < 4.78 is 10.7. The van der Waals surface area contributed by atoms with E-state index in [4.69, 9.17) is 9.47 Å². The fourth-order valence-electron chi connectivity index (χ4n) is 2.08. The number of benzene rings is 2. The summed E-state index contributed by atoms with van der Waals surface area (Å²) in [6.45, 7) is 0. The molecule has 0 atom stereocenters. The van der Waals surface area contributed by atoms with Crippen LogP contribution in [0.1, 0.15) is 10.4 Å². The lowest BCUT2D eigenvalue weighted by atomic mass is 10.2. The minimum Gasteiger partial charge on any atom is -0.481 e. The van der Waals surface area contributed by atoms with Crippen LogP contribution in [-0.2, 0) is 0 Å². The Morgan fingerprint density at radius 2 is 1.62 bits per heavy atom. The van der Waals surface area contributed by atoms with E-state index in [0.29, 0.717) is 22.9 Å². The molecular weight excluding hydrogens is 304 g/mol. The van der Waals surface area contributed by atoms with Gasteiger partial charge in [0.25, 0.3) is 5.91 Å². The van der Waals surface area contributed by atoms with Gasteiger partial charge in [0.05, 0.1) is 19.0 Å². The van der Waals surface area contributed by atoms with Gasteiger partial charge in [-0.2, -0.15) is 0 Å². The molecule has 3 aromatic rings. The van der Waals surface area contributed by atoms with Crippen molar-refractivity contribution in [2.75, 3.05) is 12.4 Å². The van der Waals surface area contributed by atoms with Crippen LogP contribution in [0.25, 0.3) is 0 Å². The third-order valence-electron chi connectivity index (χ3n) is 3.30. The molecular formula is C19H16N2O3. The van der Waals surface area contributed by atoms with Crippen LogP contribution >= 0.6 is 0 Å². The third kappa shape index (κ3) is 3.89. The molecule has 1 N–H and O–H groups in total. The highest BCUT2D eigenvalue weighted by atomic mass is 16.5. The Morgan fingerprint density at radius 3 is 2.25 bits per heavy atom. The molecule has 120 valence electrons.